The van der Waals surface area contributed by atoms with Crippen LogP contribution < -0.4 is 15.3 Å². The van der Waals surface area contributed by atoms with Gasteiger partial charge in [-0.1, -0.05) is 30.9 Å². The van der Waals surface area contributed by atoms with Gasteiger partial charge in [-0.3, -0.25) is 0 Å². The number of fused-ring (bicyclic) bond motifs is 1. The van der Waals surface area contributed by atoms with Gasteiger partial charge in [-0.2, -0.15) is 0 Å². The van der Waals surface area contributed by atoms with Gasteiger partial charge in [-0.15, -0.1) is 0 Å². The molecule has 0 bridgehead atoms. The maximum Gasteiger partial charge on any atom is 0.116 e. The molecule has 0 spiro atoms. The number of rotatable bonds is 2. The summed E-state index contributed by atoms with van der Waals surface area (Å²) in [5.41, 5.74) is 9.65. The summed E-state index contributed by atoms with van der Waals surface area (Å²) in [7, 11) is 6.54. The minimum absolute atomic E-state index is 0.901. The summed E-state index contributed by atoms with van der Waals surface area (Å²) >= 11 is 0. The molecule has 1 saturated heterocycles. The van der Waals surface area contributed by atoms with Gasteiger partial charge >= 0.3 is 0 Å². The van der Waals surface area contributed by atoms with Crippen molar-refractivity contribution in [2.24, 2.45) is 0 Å². The van der Waals surface area contributed by atoms with Crippen molar-refractivity contribution in [3.8, 4) is 0 Å². The van der Waals surface area contributed by atoms with Gasteiger partial charge in [-0.05, 0) is 57.2 Å². The number of allylic oxidation sites excluding steroid dienone is 3. The Morgan fingerprint density at radius 3 is 2.25 bits per heavy atom. The average molecular weight is 320 g/mol. The van der Waals surface area contributed by atoms with Crippen LogP contribution in [-0.2, 0) is 0 Å². The van der Waals surface area contributed by atoms with Gasteiger partial charge in [0.2, 0.25) is 0 Å². The molecule has 2 aliphatic rings. The Balaban J connectivity index is 2.17. The van der Waals surface area contributed by atoms with Crippen molar-refractivity contribution in [3.05, 3.63) is 35.0 Å². The van der Waals surface area contributed by atoms with Crippen LogP contribution in [0.15, 0.2) is 23.9 Å². The lowest BCUT2D eigenvalue weighted by Crippen LogP contribution is -2.33. The Morgan fingerprint density at radius 2 is 1.67 bits per heavy atom. The zero-order valence-electron chi connectivity index (χ0n) is 15.7. The minimum Gasteiger partial charge on any atom is -0.372 e. The molecule has 2 nitrogen and oxygen atoms in total. The number of nitrogens with zero attached hydrogens (tertiary/aromatic N) is 2. The molecule has 0 N–H and O–H groups in total. The average Bonchev–Trinajstić information content (AvgIpc) is 2.83. The largest absolute Gasteiger partial charge is 0.372 e. The summed E-state index contributed by atoms with van der Waals surface area (Å²) in [4.78, 5) is 4.94. The van der Waals surface area contributed by atoms with Crippen molar-refractivity contribution in [3.63, 3.8) is 0 Å². The Morgan fingerprint density at radius 1 is 1.04 bits per heavy atom. The van der Waals surface area contributed by atoms with E-state index in [9.17, 15) is 0 Å². The normalized spacial score (nSPS) is 18.8. The van der Waals surface area contributed by atoms with E-state index in [0.29, 0.717) is 0 Å². The van der Waals surface area contributed by atoms with Crippen LogP contribution in [0.2, 0.25) is 0 Å². The van der Waals surface area contributed by atoms with Crippen LogP contribution in [0.3, 0.4) is 0 Å². The van der Waals surface area contributed by atoms with Crippen LogP contribution in [0.4, 0.5) is 11.4 Å². The molecule has 0 amide bonds. The third kappa shape index (κ3) is 2.68. The van der Waals surface area contributed by atoms with E-state index >= 15 is 0 Å². The van der Waals surface area contributed by atoms with Crippen LogP contribution in [-0.4, -0.2) is 27.5 Å². The molecule has 1 fully saturated rings. The fourth-order valence-electron chi connectivity index (χ4n) is 4.30. The number of hydrogen-bond acceptors (Lipinski definition) is 2. The van der Waals surface area contributed by atoms with E-state index in [1.165, 1.54) is 59.5 Å². The summed E-state index contributed by atoms with van der Waals surface area (Å²) in [5.74, 6) is 0. The summed E-state index contributed by atoms with van der Waals surface area (Å²) < 4.78 is 0. The zero-order chi connectivity index (χ0) is 17.4. The van der Waals surface area contributed by atoms with Gasteiger partial charge in [0.15, 0.2) is 0 Å². The number of anilines is 2. The quantitative estimate of drug-likeness (QED) is 0.749. The molecule has 3 rings (SSSR count). The first-order valence-corrected chi connectivity index (χ1v) is 9.30. The van der Waals surface area contributed by atoms with Crippen molar-refractivity contribution in [2.45, 2.75) is 53.4 Å². The predicted molar refractivity (Wildman–Crippen MR) is 108 cm³/mol. The van der Waals surface area contributed by atoms with E-state index in [1.807, 2.05) is 0 Å². The molecule has 2 radical (unpaired) electrons. The van der Waals surface area contributed by atoms with Crippen LogP contribution >= 0.6 is 0 Å². The van der Waals surface area contributed by atoms with Gasteiger partial charge in [0.05, 0.1) is 5.69 Å². The molecule has 1 aromatic carbocycles. The van der Waals surface area contributed by atoms with Crippen LogP contribution in [0, 0.1) is 6.92 Å². The SMILES string of the molecule is [B]c1cc2c(c(C)c1N1CCCCCC1)N(CC)C(C)=C(C)C2=C. The van der Waals surface area contributed by atoms with Gasteiger partial charge in [0, 0.05) is 36.6 Å². The van der Waals surface area contributed by atoms with Gasteiger partial charge in [0.25, 0.3) is 0 Å². The Bertz CT molecular complexity index is 694. The summed E-state index contributed by atoms with van der Waals surface area (Å²) in [5, 5.41) is 0. The molecule has 0 aliphatic carbocycles. The molecule has 2 heterocycles. The van der Waals surface area contributed by atoms with Crippen molar-refractivity contribution >= 4 is 30.3 Å². The Kier molecular flexibility index (Phi) is 4.80. The highest BCUT2D eigenvalue weighted by atomic mass is 15.2. The number of hydrogen-bond donors (Lipinski definition) is 0. The lowest BCUT2D eigenvalue weighted by molar-refractivity contribution is 0.726. The van der Waals surface area contributed by atoms with Gasteiger partial charge < -0.3 is 9.80 Å². The maximum atomic E-state index is 6.54. The Hall–Kier alpha value is -1.64. The van der Waals surface area contributed by atoms with E-state index in [2.05, 4.69) is 50.1 Å². The molecule has 0 saturated carbocycles. The van der Waals surface area contributed by atoms with E-state index < -0.39 is 0 Å². The standard InChI is InChI=1S/C21H29BN2/c1-6-24-17(5)14(2)15(3)18-13-19(22)21(16(4)20(18)24)23-11-9-7-8-10-12-23/h13H,3,6-12H2,1-2,4-5H3. The third-order valence-corrected chi connectivity index (χ3v) is 5.77. The first kappa shape index (κ1) is 17.2. The second kappa shape index (κ2) is 6.70. The van der Waals surface area contributed by atoms with Crippen molar-refractivity contribution in [1.29, 1.82) is 0 Å². The first-order valence-electron chi connectivity index (χ1n) is 9.30. The highest BCUT2D eigenvalue weighted by Gasteiger charge is 2.27. The lowest BCUT2D eigenvalue weighted by Gasteiger charge is -2.38. The summed E-state index contributed by atoms with van der Waals surface area (Å²) in [6.07, 6.45) is 5.19. The van der Waals surface area contributed by atoms with Crippen LogP contribution in [0.25, 0.3) is 5.57 Å². The molecule has 3 heteroatoms. The van der Waals surface area contributed by atoms with Crippen molar-refractivity contribution in [2.75, 3.05) is 29.4 Å². The molecule has 0 unspecified atom stereocenters. The molecule has 2 aliphatic heterocycles. The Labute approximate surface area is 148 Å². The maximum absolute atomic E-state index is 6.54. The second-order valence-electron chi connectivity index (χ2n) is 7.17. The molecular formula is C21H29BN2. The van der Waals surface area contributed by atoms with Crippen molar-refractivity contribution in [1.82, 2.24) is 0 Å². The molecule has 1 aromatic rings. The molecule has 24 heavy (non-hydrogen) atoms. The van der Waals surface area contributed by atoms with E-state index in [0.717, 1.165) is 30.7 Å². The topological polar surface area (TPSA) is 6.48 Å². The molecule has 0 atom stereocenters. The summed E-state index contributed by atoms with van der Waals surface area (Å²) in [6.45, 7) is 16.4. The minimum atomic E-state index is 0.901. The third-order valence-electron chi connectivity index (χ3n) is 5.77. The fraction of sp³-hybridized carbons (Fsp3) is 0.524. The van der Waals surface area contributed by atoms with Crippen molar-refractivity contribution < 1.29 is 0 Å². The molecular weight excluding hydrogens is 291 g/mol. The second-order valence-corrected chi connectivity index (χ2v) is 7.17. The molecule has 0 aromatic heterocycles. The van der Waals surface area contributed by atoms with E-state index in [1.54, 1.807) is 0 Å². The fourth-order valence-corrected chi connectivity index (χ4v) is 4.30. The summed E-state index contributed by atoms with van der Waals surface area (Å²) in [6, 6.07) is 2.16. The number of benzene rings is 1. The van der Waals surface area contributed by atoms with Crippen LogP contribution in [0.5, 0.6) is 0 Å². The van der Waals surface area contributed by atoms with Crippen LogP contribution in [0.1, 0.15) is 57.6 Å². The highest BCUT2D eigenvalue weighted by molar-refractivity contribution is 6.37. The van der Waals surface area contributed by atoms with E-state index in [-0.39, 0.29) is 0 Å². The predicted octanol–water partition coefficient (Wildman–Crippen LogP) is 4.32. The van der Waals surface area contributed by atoms with Gasteiger partial charge in [-0.25, -0.2) is 0 Å². The van der Waals surface area contributed by atoms with Gasteiger partial charge in [0.1, 0.15) is 7.85 Å². The monoisotopic (exact) mass is 320 g/mol. The molecule has 126 valence electrons. The lowest BCUT2D eigenvalue weighted by atomic mass is 9.82. The van der Waals surface area contributed by atoms with E-state index in [4.69, 9.17) is 7.85 Å². The smallest absolute Gasteiger partial charge is 0.116 e. The first-order chi connectivity index (χ1) is 11.5. The highest BCUT2D eigenvalue weighted by Crippen LogP contribution is 2.43. The zero-order valence-corrected chi connectivity index (χ0v) is 15.7.